The Bertz CT molecular complexity index is 1540. The number of carbonyl (C=O) groups is 3. The highest BCUT2D eigenvalue weighted by molar-refractivity contribution is 6.18. The molecule has 2 spiro atoms. The number of hydrogen-bond acceptors (Lipinski definition) is 10. The molecule has 4 saturated carbocycles. The van der Waals surface area contributed by atoms with Crippen LogP contribution in [-0.2, 0) is 30.2 Å². The molecule has 51 heavy (non-hydrogen) atoms. The Balaban J connectivity index is 1.36. The largest absolute Gasteiger partial charge is 0.459 e. The van der Waals surface area contributed by atoms with Gasteiger partial charge in [0.15, 0.2) is 5.78 Å². The van der Waals surface area contributed by atoms with Gasteiger partial charge < -0.3 is 39.7 Å². The van der Waals surface area contributed by atoms with Gasteiger partial charge in [0.25, 0.3) is 0 Å². The number of rotatable bonds is 10. The van der Waals surface area contributed by atoms with Crippen LogP contribution in [0, 0.1) is 34.0 Å². The summed E-state index contributed by atoms with van der Waals surface area (Å²) in [6, 6.07) is 6.20. The Morgan fingerprint density at radius 2 is 1.75 bits per heavy atom. The molecule has 0 radical (unpaired) electrons. The number of benzene rings is 1. The Morgan fingerprint density at radius 3 is 2.35 bits per heavy atom. The van der Waals surface area contributed by atoms with Crippen LogP contribution in [0.5, 0.6) is 0 Å². The van der Waals surface area contributed by atoms with Crippen LogP contribution in [0.4, 0.5) is 10.5 Å². The van der Waals surface area contributed by atoms with Gasteiger partial charge in [-0.2, -0.15) is 0 Å². The van der Waals surface area contributed by atoms with E-state index in [1.807, 2.05) is 43.0 Å². The van der Waals surface area contributed by atoms with Crippen molar-refractivity contribution in [2.75, 3.05) is 36.4 Å². The van der Waals surface area contributed by atoms with Gasteiger partial charge in [0.05, 0.1) is 12.7 Å². The number of ketones is 1. The zero-order chi connectivity index (χ0) is 37.3. The average Bonchev–Trinajstić information content (AvgIpc) is 3.16. The number of alkyl halides is 2. The molecule has 4 N–H and O–H groups in total. The number of halogens is 2. The highest BCUT2D eigenvalue weighted by Crippen LogP contribution is 2.76. The Morgan fingerprint density at radius 1 is 1.10 bits per heavy atom. The molecule has 2 aliphatic heterocycles. The molecular formula is C38H52Cl2N2O9. The average molecular weight is 752 g/mol. The van der Waals surface area contributed by atoms with Gasteiger partial charge in [-0.05, 0) is 81.1 Å². The van der Waals surface area contributed by atoms with E-state index in [1.54, 1.807) is 20.8 Å². The number of anilines is 1. The minimum atomic E-state index is -2.40. The molecule has 6 fully saturated rings. The summed E-state index contributed by atoms with van der Waals surface area (Å²) in [7, 11) is 0. The van der Waals surface area contributed by atoms with Gasteiger partial charge in [-0.25, -0.2) is 9.59 Å². The van der Waals surface area contributed by atoms with Gasteiger partial charge in [0, 0.05) is 54.2 Å². The van der Waals surface area contributed by atoms with Gasteiger partial charge in [0.1, 0.15) is 29.3 Å². The summed E-state index contributed by atoms with van der Waals surface area (Å²) in [6.45, 7) is 14.4. The number of carbonyl (C=O) groups excluding carboxylic acids is 3. The van der Waals surface area contributed by atoms with Crippen molar-refractivity contribution in [1.29, 1.82) is 0 Å². The second kappa shape index (κ2) is 13.5. The number of esters is 1. The first-order valence-electron chi connectivity index (χ1n) is 18.0. The molecular weight excluding hydrogens is 699 g/mol. The number of hydrogen-bond donors (Lipinski definition) is 4. The van der Waals surface area contributed by atoms with Crippen molar-refractivity contribution in [1.82, 2.24) is 5.32 Å². The van der Waals surface area contributed by atoms with E-state index in [0.29, 0.717) is 56.1 Å². The Kier molecular flexibility index (Phi) is 10.1. The molecule has 4 bridgehead atoms. The fourth-order valence-electron chi connectivity index (χ4n) is 10.5. The maximum Gasteiger partial charge on any atom is 0.408 e. The van der Waals surface area contributed by atoms with Crippen molar-refractivity contribution in [2.24, 2.45) is 34.0 Å². The minimum absolute atomic E-state index is 0.0222. The van der Waals surface area contributed by atoms with Crippen LogP contribution in [0.25, 0.3) is 0 Å². The molecule has 10 atom stereocenters. The standard InChI is InChI=1S/C38H52Cl2N2O9/c1-21-24-11-12-26-36-20-49-38(48,30(45)28(36)35(5,6)14-13-27(36)43)37(26,29(21)44)31(24)50-32(46)25(41-33(47)51-34(2,3)4)19-22-7-9-23(10-8-22)42(17-15-39)18-16-40/h7-10,24-28,30-31,43,45,48H,1,11-20H2,2-6H3,(H,41,47)/t24-,25-,26-,27-,28+,30-,31+,36+,37-,38-/m0/s1. The molecule has 2 heterocycles. The summed E-state index contributed by atoms with van der Waals surface area (Å²) in [6.07, 6.45) is -2.61. The van der Waals surface area contributed by atoms with Crippen molar-refractivity contribution in [3.63, 3.8) is 0 Å². The van der Waals surface area contributed by atoms with E-state index >= 15 is 0 Å². The highest BCUT2D eigenvalue weighted by Gasteiger charge is 2.87. The third-order valence-corrected chi connectivity index (χ3v) is 12.9. The zero-order valence-corrected chi connectivity index (χ0v) is 31.6. The predicted molar refractivity (Wildman–Crippen MR) is 191 cm³/mol. The molecule has 11 nitrogen and oxygen atoms in total. The first-order chi connectivity index (χ1) is 23.9. The number of amides is 1. The topological polar surface area (TPSA) is 155 Å². The second-order valence-corrected chi connectivity index (χ2v) is 17.6. The van der Waals surface area contributed by atoms with Crippen LogP contribution >= 0.6 is 23.2 Å². The van der Waals surface area contributed by atoms with Gasteiger partial charge in [-0.15, -0.1) is 23.2 Å². The van der Waals surface area contributed by atoms with Gasteiger partial charge in [-0.3, -0.25) is 4.79 Å². The molecule has 1 aromatic carbocycles. The molecule has 0 unspecified atom stereocenters. The molecule has 7 rings (SSSR count). The summed E-state index contributed by atoms with van der Waals surface area (Å²) in [5.74, 6) is -4.83. The van der Waals surface area contributed by atoms with Crippen LogP contribution in [0.3, 0.4) is 0 Å². The number of aliphatic hydroxyl groups excluding tert-OH is 2. The molecule has 1 aromatic rings. The Hall–Kier alpha value is -2.41. The van der Waals surface area contributed by atoms with Crippen molar-refractivity contribution in [3.05, 3.63) is 42.0 Å². The number of Topliss-reactive ketones (excluding diaryl/α,β-unsaturated/α-hetero) is 1. The van der Waals surface area contributed by atoms with E-state index in [2.05, 4.69) is 11.9 Å². The van der Waals surface area contributed by atoms with Gasteiger partial charge in [0.2, 0.25) is 5.79 Å². The highest BCUT2D eigenvalue weighted by atomic mass is 35.5. The maximum absolute atomic E-state index is 14.6. The van der Waals surface area contributed by atoms with E-state index in [-0.39, 0.29) is 18.6 Å². The maximum atomic E-state index is 14.6. The summed E-state index contributed by atoms with van der Waals surface area (Å²) in [5, 5.41) is 39.1. The molecule has 6 aliphatic rings. The van der Waals surface area contributed by atoms with Crippen LogP contribution < -0.4 is 10.2 Å². The third kappa shape index (κ3) is 5.89. The molecule has 282 valence electrons. The summed E-state index contributed by atoms with van der Waals surface area (Å²) < 4.78 is 18.0. The number of ether oxygens (including phenoxy) is 3. The monoisotopic (exact) mass is 750 g/mol. The number of alkyl carbamates (subject to hydrolysis) is 1. The van der Waals surface area contributed by atoms with Gasteiger partial charge >= 0.3 is 12.1 Å². The molecule has 1 amide bonds. The van der Waals surface area contributed by atoms with E-state index in [4.69, 9.17) is 37.4 Å². The SMILES string of the molecule is C=C1C(=O)[C@]23[C@H](OC(=O)[C@H](Cc4ccc(N(CCCl)CCCl)cc4)NC(=O)OC(C)(C)C)[C@H]1CC[C@H]2[C@@]12CO[C@@]3(O)[C@@H](O)[C@@H]1C(C)(C)CC[C@@H]2O. The van der Waals surface area contributed by atoms with E-state index in [1.165, 1.54) is 0 Å². The first kappa shape index (κ1) is 38.3. The number of fused-ring (bicyclic) bond motifs is 2. The molecule has 2 saturated heterocycles. The van der Waals surface area contributed by atoms with Crippen LogP contribution in [-0.4, -0.2) is 100 Å². The Labute approximate surface area is 310 Å². The fourth-order valence-corrected chi connectivity index (χ4v) is 10.9. The quantitative estimate of drug-likeness (QED) is 0.154. The minimum Gasteiger partial charge on any atom is -0.459 e. The zero-order valence-electron chi connectivity index (χ0n) is 30.1. The van der Waals surface area contributed by atoms with Crippen LogP contribution in [0.2, 0.25) is 0 Å². The van der Waals surface area contributed by atoms with Crippen LogP contribution in [0.15, 0.2) is 36.4 Å². The molecule has 4 aliphatic carbocycles. The normalized spacial score (nSPS) is 36.9. The van der Waals surface area contributed by atoms with E-state index in [0.717, 1.165) is 5.69 Å². The summed E-state index contributed by atoms with van der Waals surface area (Å²) in [5.41, 5.74) is -2.52. The lowest BCUT2D eigenvalue weighted by Gasteiger charge is -2.74. The number of nitrogens with one attached hydrogen (secondary N) is 1. The molecule has 13 heteroatoms. The molecule has 0 aromatic heterocycles. The smallest absolute Gasteiger partial charge is 0.408 e. The van der Waals surface area contributed by atoms with Gasteiger partial charge in [-0.1, -0.05) is 32.6 Å². The van der Waals surface area contributed by atoms with Crippen molar-refractivity contribution in [3.8, 4) is 0 Å². The van der Waals surface area contributed by atoms with Crippen molar-refractivity contribution >= 4 is 46.7 Å². The number of nitrogens with zero attached hydrogens (tertiary/aromatic N) is 1. The number of aliphatic hydroxyl groups is 3. The second-order valence-electron chi connectivity index (χ2n) is 16.8. The summed E-state index contributed by atoms with van der Waals surface area (Å²) in [4.78, 5) is 44.1. The third-order valence-electron chi connectivity index (χ3n) is 12.5. The van der Waals surface area contributed by atoms with Crippen LogP contribution in [0.1, 0.15) is 65.9 Å². The lowest BCUT2D eigenvalue weighted by molar-refractivity contribution is -0.458. The first-order valence-corrected chi connectivity index (χ1v) is 19.1. The van der Waals surface area contributed by atoms with E-state index in [9.17, 15) is 29.7 Å². The van der Waals surface area contributed by atoms with Crippen molar-refractivity contribution in [2.45, 2.75) is 102 Å². The van der Waals surface area contributed by atoms with Crippen molar-refractivity contribution < 1.29 is 43.9 Å². The predicted octanol–water partition coefficient (Wildman–Crippen LogP) is 4.35. The summed E-state index contributed by atoms with van der Waals surface area (Å²) >= 11 is 12.0. The van der Waals surface area contributed by atoms with E-state index < -0.39 is 87.6 Å². The fraction of sp³-hybridized carbons (Fsp3) is 0.711. The lowest BCUT2D eigenvalue weighted by Crippen LogP contribution is -2.85. The lowest BCUT2D eigenvalue weighted by atomic mass is 9.35.